The van der Waals surface area contributed by atoms with Crippen molar-refractivity contribution in [3.05, 3.63) is 152 Å². The van der Waals surface area contributed by atoms with E-state index in [1.165, 1.54) is 43.1 Å². The van der Waals surface area contributed by atoms with Gasteiger partial charge in [-0.25, -0.2) is 9.97 Å². The minimum atomic E-state index is 0.707. The molecule has 3 nitrogen and oxygen atoms in total. The maximum atomic E-state index is 5.18. The summed E-state index contributed by atoms with van der Waals surface area (Å²) in [5.74, 6) is 1.56. The fourth-order valence-electron chi connectivity index (χ4n) is 6.65. The summed E-state index contributed by atoms with van der Waals surface area (Å²) in [6.07, 6.45) is 0. The SMILES string of the molecule is c1ccc(-c2nc(-c3ccc4c5ccccc5c5ccccc5c4c3)cc(-n3c4ccccc4c4ccccc43)n2)cc1. The van der Waals surface area contributed by atoms with Crippen molar-refractivity contribution < 1.29 is 0 Å². The summed E-state index contributed by atoms with van der Waals surface area (Å²) in [6, 6.07) is 53.7. The number of aromatic nitrogens is 3. The van der Waals surface area contributed by atoms with Crippen LogP contribution in [-0.4, -0.2) is 14.5 Å². The number of para-hydroxylation sites is 2. The molecule has 0 fully saturated rings. The molecule has 0 amide bonds. The Bertz CT molecular complexity index is 2420. The highest BCUT2D eigenvalue weighted by molar-refractivity contribution is 6.25. The van der Waals surface area contributed by atoms with Gasteiger partial charge >= 0.3 is 0 Å². The molecule has 9 rings (SSSR count). The Morgan fingerprint density at radius 2 is 0.837 bits per heavy atom. The van der Waals surface area contributed by atoms with Crippen molar-refractivity contribution in [3.63, 3.8) is 0 Å². The molecule has 0 radical (unpaired) electrons. The lowest BCUT2D eigenvalue weighted by molar-refractivity contribution is 1.05. The maximum Gasteiger partial charge on any atom is 0.162 e. The molecule has 2 aromatic heterocycles. The quantitative estimate of drug-likeness (QED) is 0.206. The second-order valence-electron chi connectivity index (χ2n) is 11.0. The number of hydrogen-bond donors (Lipinski definition) is 0. The number of rotatable bonds is 3. The van der Waals surface area contributed by atoms with Crippen molar-refractivity contribution >= 4 is 54.1 Å². The molecule has 7 aromatic carbocycles. The third kappa shape index (κ3) is 3.68. The fourth-order valence-corrected chi connectivity index (χ4v) is 6.65. The van der Waals surface area contributed by atoms with E-state index in [9.17, 15) is 0 Å². The smallest absolute Gasteiger partial charge is 0.162 e. The van der Waals surface area contributed by atoms with Gasteiger partial charge in [-0.1, -0.05) is 127 Å². The fraction of sp³-hybridized carbons (Fsp3) is 0. The standard InChI is InChI=1S/C40H25N3/c1-2-12-26(13-3-1)40-41-36(25-39(42-40)43-37-20-10-8-18-33(37)34-19-9-11-21-38(34)43)27-22-23-32-30-16-5-4-14-28(30)29-15-6-7-17-31(29)35(32)24-27/h1-25H. The largest absolute Gasteiger partial charge is 0.294 e. The van der Waals surface area contributed by atoms with Gasteiger partial charge in [0.15, 0.2) is 5.82 Å². The first-order valence-electron chi connectivity index (χ1n) is 14.6. The van der Waals surface area contributed by atoms with Crippen molar-refractivity contribution in [2.45, 2.75) is 0 Å². The van der Waals surface area contributed by atoms with Crippen LogP contribution in [0.25, 0.3) is 82.6 Å². The molecular formula is C40H25N3. The summed E-state index contributed by atoms with van der Waals surface area (Å²) >= 11 is 0. The molecule has 0 spiro atoms. The number of fused-ring (bicyclic) bond motifs is 9. The number of benzene rings is 7. The van der Waals surface area contributed by atoms with Gasteiger partial charge < -0.3 is 0 Å². The molecule has 9 aromatic rings. The third-order valence-corrected chi connectivity index (χ3v) is 8.59. The van der Waals surface area contributed by atoms with E-state index < -0.39 is 0 Å². The molecule has 0 aliphatic heterocycles. The predicted octanol–water partition coefficient (Wildman–Crippen LogP) is 10.4. The van der Waals surface area contributed by atoms with Crippen molar-refractivity contribution in [1.29, 1.82) is 0 Å². The van der Waals surface area contributed by atoms with Crippen molar-refractivity contribution in [2.75, 3.05) is 0 Å². The first-order chi connectivity index (χ1) is 21.3. The lowest BCUT2D eigenvalue weighted by Gasteiger charge is -2.14. The van der Waals surface area contributed by atoms with Crippen LogP contribution in [0.15, 0.2) is 152 Å². The van der Waals surface area contributed by atoms with Crippen LogP contribution in [0.4, 0.5) is 0 Å². The first-order valence-corrected chi connectivity index (χ1v) is 14.6. The molecule has 0 saturated heterocycles. The van der Waals surface area contributed by atoms with Crippen LogP contribution in [0.2, 0.25) is 0 Å². The van der Waals surface area contributed by atoms with Gasteiger partial charge in [-0.05, 0) is 50.5 Å². The van der Waals surface area contributed by atoms with Crippen LogP contribution in [-0.2, 0) is 0 Å². The monoisotopic (exact) mass is 547 g/mol. The molecular weight excluding hydrogens is 522 g/mol. The van der Waals surface area contributed by atoms with Crippen LogP contribution < -0.4 is 0 Å². The highest BCUT2D eigenvalue weighted by atomic mass is 15.1. The molecule has 2 heterocycles. The van der Waals surface area contributed by atoms with Gasteiger partial charge in [-0.3, -0.25) is 4.57 Å². The summed E-state index contributed by atoms with van der Waals surface area (Å²) in [5, 5.41) is 9.96. The van der Waals surface area contributed by atoms with Gasteiger partial charge in [0.05, 0.1) is 16.7 Å². The highest BCUT2D eigenvalue weighted by Gasteiger charge is 2.17. The highest BCUT2D eigenvalue weighted by Crippen LogP contribution is 2.38. The van der Waals surface area contributed by atoms with Crippen LogP contribution in [0.3, 0.4) is 0 Å². The van der Waals surface area contributed by atoms with Crippen LogP contribution in [0.1, 0.15) is 0 Å². The van der Waals surface area contributed by atoms with Crippen molar-refractivity contribution in [1.82, 2.24) is 14.5 Å². The normalized spacial score (nSPS) is 11.7. The molecule has 0 atom stereocenters. The Labute approximate surface area is 248 Å². The minimum absolute atomic E-state index is 0.707. The Hall–Kier alpha value is -5.80. The maximum absolute atomic E-state index is 5.18. The van der Waals surface area contributed by atoms with Gasteiger partial charge in [-0.15, -0.1) is 0 Å². The summed E-state index contributed by atoms with van der Waals surface area (Å²) < 4.78 is 2.27. The Balaban J connectivity index is 1.35. The second-order valence-corrected chi connectivity index (χ2v) is 11.0. The number of hydrogen-bond acceptors (Lipinski definition) is 2. The average Bonchev–Trinajstić information content (AvgIpc) is 3.43. The van der Waals surface area contributed by atoms with Crippen LogP contribution in [0.5, 0.6) is 0 Å². The molecule has 0 aliphatic carbocycles. The lowest BCUT2D eigenvalue weighted by atomic mass is 9.93. The van der Waals surface area contributed by atoms with Gasteiger partial charge in [0, 0.05) is 28.0 Å². The van der Waals surface area contributed by atoms with E-state index in [2.05, 4.69) is 138 Å². The Morgan fingerprint density at radius 1 is 0.349 bits per heavy atom. The van der Waals surface area contributed by atoms with Crippen molar-refractivity contribution in [3.8, 4) is 28.5 Å². The van der Waals surface area contributed by atoms with Crippen LogP contribution >= 0.6 is 0 Å². The molecule has 200 valence electrons. The summed E-state index contributed by atoms with van der Waals surface area (Å²) in [6.45, 7) is 0. The molecule has 43 heavy (non-hydrogen) atoms. The zero-order valence-electron chi connectivity index (χ0n) is 23.3. The number of nitrogens with zero attached hydrogens (tertiary/aromatic N) is 3. The van der Waals surface area contributed by atoms with Gasteiger partial charge in [0.25, 0.3) is 0 Å². The summed E-state index contributed by atoms with van der Waals surface area (Å²) in [7, 11) is 0. The minimum Gasteiger partial charge on any atom is -0.294 e. The van der Waals surface area contributed by atoms with E-state index in [0.29, 0.717) is 5.82 Å². The second kappa shape index (κ2) is 9.37. The topological polar surface area (TPSA) is 30.7 Å². The molecule has 0 saturated carbocycles. The average molecular weight is 548 g/mol. The van der Waals surface area contributed by atoms with Gasteiger partial charge in [-0.2, -0.15) is 0 Å². The van der Waals surface area contributed by atoms with Crippen LogP contribution in [0, 0.1) is 0 Å². The Kier molecular flexibility index (Phi) is 5.20. The molecule has 0 aliphatic rings. The van der Waals surface area contributed by atoms with E-state index in [-0.39, 0.29) is 0 Å². The molecule has 0 unspecified atom stereocenters. The van der Waals surface area contributed by atoms with E-state index in [1.54, 1.807) is 0 Å². The summed E-state index contributed by atoms with van der Waals surface area (Å²) in [4.78, 5) is 10.3. The van der Waals surface area contributed by atoms with E-state index in [1.807, 2.05) is 18.2 Å². The zero-order valence-corrected chi connectivity index (χ0v) is 23.3. The Morgan fingerprint density at radius 3 is 1.44 bits per heavy atom. The zero-order chi connectivity index (χ0) is 28.3. The first kappa shape index (κ1) is 23.9. The van der Waals surface area contributed by atoms with Crippen molar-refractivity contribution in [2.24, 2.45) is 0 Å². The van der Waals surface area contributed by atoms with E-state index in [4.69, 9.17) is 9.97 Å². The third-order valence-electron chi connectivity index (χ3n) is 8.59. The van der Waals surface area contributed by atoms with E-state index in [0.717, 1.165) is 33.7 Å². The lowest BCUT2D eigenvalue weighted by Crippen LogP contribution is -2.02. The van der Waals surface area contributed by atoms with Gasteiger partial charge in [0.2, 0.25) is 0 Å². The molecule has 0 N–H and O–H groups in total. The predicted molar refractivity (Wildman–Crippen MR) is 180 cm³/mol. The van der Waals surface area contributed by atoms with Gasteiger partial charge in [0.1, 0.15) is 5.82 Å². The molecule has 3 heteroatoms. The summed E-state index contributed by atoms with van der Waals surface area (Å²) in [5.41, 5.74) is 5.20. The van der Waals surface area contributed by atoms with E-state index >= 15 is 0 Å². The molecule has 0 bridgehead atoms.